The summed E-state index contributed by atoms with van der Waals surface area (Å²) in [7, 11) is 0. The monoisotopic (exact) mass is 703 g/mol. The molecule has 1 heterocycles. The number of hydrogen-bond acceptors (Lipinski definition) is 2. The van der Waals surface area contributed by atoms with Crippen molar-refractivity contribution in [3.63, 3.8) is 0 Å². The molecule has 1 aliphatic carbocycles. The van der Waals surface area contributed by atoms with Crippen LogP contribution in [-0.2, 0) is 0 Å². The summed E-state index contributed by atoms with van der Waals surface area (Å²) in [6.45, 7) is 4.51. The van der Waals surface area contributed by atoms with E-state index in [2.05, 4.69) is 195 Å². The molecule has 2 nitrogen and oxygen atoms in total. The Balaban J connectivity index is 1.06. The van der Waals surface area contributed by atoms with E-state index in [0.717, 1.165) is 39.0 Å². The number of furan rings is 1. The van der Waals surface area contributed by atoms with Crippen LogP contribution in [0.15, 0.2) is 186 Å². The van der Waals surface area contributed by atoms with Crippen molar-refractivity contribution >= 4 is 60.5 Å². The minimum atomic E-state index is 0.407. The average Bonchev–Trinajstić information content (AvgIpc) is 3.62. The average molecular weight is 704 g/mol. The molecule has 11 rings (SSSR count). The lowest BCUT2D eigenvalue weighted by molar-refractivity contribution is 0.669. The van der Waals surface area contributed by atoms with E-state index in [1.54, 1.807) is 0 Å². The van der Waals surface area contributed by atoms with Gasteiger partial charge in [0.15, 0.2) is 5.58 Å². The lowest BCUT2D eigenvalue weighted by Gasteiger charge is -2.28. The summed E-state index contributed by atoms with van der Waals surface area (Å²) in [6.07, 6.45) is 0. The third-order valence-electron chi connectivity index (χ3n) is 11.5. The fourth-order valence-electron chi connectivity index (χ4n) is 8.67. The largest absolute Gasteiger partial charge is 0.454 e. The maximum Gasteiger partial charge on any atom is 0.159 e. The van der Waals surface area contributed by atoms with Crippen molar-refractivity contribution in [1.82, 2.24) is 0 Å². The van der Waals surface area contributed by atoms with Crippen LogP contribution in [0, 0.1) is 0 Å². The van der Waals surface area contributed by atoms with Gasteiger partial charge in [0.25, 0.3) is 0 Å². The molecular weight excluding hydrogens is 667 g/mol. The zero-order valence-corrected chi connectivity index (χ0v) is 30.8. The highest BCUT2D eigenvalue weighted by atomic mass is 16.3. The summed E-state index contributed by atoms with van der Waals surface area (Å²) in [5.74, 6) is 0.407. The van der Waals surface area contributed by atoms with Crippen molar-refractivity contribution in [1.29, 1.82) is 0 Å². The van der Waals surface area contributed by atoms with Crippen LogP contribution >= 0.6 is 0 Å². The second-order valence-corrected chi connectivity index (χ2v) is 15.1. The Morgan fingerprint density at radius 1 is 0.400 bits per heavy atom. The fraction of sp³-hybridized carbons (Fsp3) is 0.0566. The van der Waals surface area contributed by atoms with E-state index in [0.29, 0.717) is 5.92 Å². The van der Waals surface area contributed by atoms with Crippen molar-refractivity contribution in [3.8, 4) is 44.5 Å². The first-order valence-electron chi connectivity index (χ1n) is 19.2. The molecule has 260 valence electrons. The quantitative estimate of drug-likeness (QED) is 0.171. The highest BCUT2D eigenvalue weighted by Gasteiger charge is 2.26. The van der Waals surface area contributed by atoms with E-state index in [1.165, 1.54) is 71.6 Å². The van der Waals surface area contributed by atoms with Gasteiger partial charge < -0.3 is 9.32 Å². The van der Waals surface area contributed by atoms with Crippen LogP contribution in [0.3, 0.4) is 0 Å². The summed E-state index contributed by atoms with van der Waals surface area (Å²) >= 11 is 0. The second-order valence-electron chi connectivity index (χ2n) is 15.1. The van der Waals surface area contributed by atoms with E-state index >= 15 is 0 Å². The SMILES string of the molecule is CC(C)c1cccc(N(c2ccc3cc4c(cc3c2)-c2cc3cc(-c5ccccc5)c(-c5ccccc5)cc3cc2-4)c2cccc3c2oc2ccccc23)c1. The number of benzene rings is 9. The van der Waals surface area contributed by atoms with Crippen LogP contribution in [0.4, 0.5) is 17.1 Å². The molecule has 0 fully saturated rings. The van der Waals surface area contributed by atoms with Gasteiger partial charge in [-0.05, 0) is 150 Å². The Kier molecular flexibility index (Phi) is 7.09. The molecule has 2 heteroatoms. The Hall–Kier alpha value is -6.90. The normalized spacial score (nSPS) is 12.0. The molecule has 55 heavy (non-hydrogen) atoms. The first kappa shape index (κ1) is 31.6. The maximum absolute atomic E-state index is 6.62. The highest BCUT2D eigenvalue weighted by Crippen LogP contribution is 2.52. The van der Waals surface area contributed by atoms with Gasteiger partial charge in [0.05, 0.1) is 5.69 Å². The molecule has 0 N–H and O–H groups in total. The first-order valence-corrected chi connectivity index (χ1v) is 19.2. The molecule has 0 saturated heterocycles. The van der Waals surface area contributed by atoms with Crippen LogP contribution in [0.5, 0.6) is 0 Å². The fourth-order valence-corrected chi connectivity index (χ4v) is 8.67. The minimum Gasteiger partial charge on any atom is -0.454 e. The zero-order valence-electron chi connectivity index (χ0n) is 30.8. The van der Waals surface area contributed by atoms with E-state index in [1.807, 2.05) is 6.07 Å². The lowest BCUT2D eigenvalue weighted by atomic mass is 9.77. The van der Waals surface area contributed by atoms with Crippen LogP contribution in [0.2, 0.25) is 0 Å². The molecule has 0 radical (unpaired) electrons. The summed E-state index contributed by atoms with van der Waals surface area (Å²) < 4.78 is 6.62. The molecular formula is C53H37NO. The molecule has 1 aliphatic rings. The number of anilines is 3. The predicted molar refractivity (Wildman–Crippen MR) is 233 cm³/mol. The molecule has 0 atom stereocenters. The van der Waals surface area contributed by atoms with Crippen LogP contribution < -0.4 is 4.90 Å². The number of rotatable bonds is 6. The van der Waals surface area contributed by atoms with Gasteiger partial charge >= 0.3 is 0 Å². The summed E-state index contributed by atoms with van der Waals surface area (Å²) in [4.78, 5) is 2.37. The number of hydrogen-bond donors (Lipinski definition) is 0. The van der Waals surface area contributed by atoms with Crippen LogP contribution in [-0.4, -0.2) is 0 Å². The third-order valence-corrected chi connectivity index (χ3v) is 11.5. The lowest BCUT2D eigenvalue weighted by Crippen LogP contribution is -2.11. The van der Waals surface area contributed by atoms with Crippen molar-refractivity contribution in [2.45, 2.75) is 19.8 Å². The minimum absolute atomic E-state index is 0.407. The highest BCUT2D eigenvalue weighted by molar-refractivity contribution is 6.14. The molecule has 9 aromatic carbocycles. The molecule has 0 unspecified atom stereocenters. The number of para-hydroxylation sites is 2. The van der Waals surface area contributed by atoms with Crippen LogP contribution in [0.25, 0.3) is 88.0 Å². The third kappa shape index (κ3) is 5.10. The Morgan fingerprint density at radius 3 is 1.58 bits per heavy atom. The number of nitrogens with zero attached hydrogens (tertiary/aromatic N) is 1. The Labute approximate surface area is 320 Å². The van der Waals surface area contributed by atoms with E-state index in [4.69, 9.17) is 4.42 Å². The molecule has 10 aromatic rings. The Morgan fingerprint density at radius 2 is 0.927 bits per heavy atom. The van der Waals surface area contributed by atoms with Gasteiger partial charge in [0.1, 0.15) is 5.58 Å². The van der Waals surface area contributed by atoms with Gasteiger partial charge in [0.2, 0.25) is 0 Å². The van der Waals surface area contributed by atoms with Crippen molar-refractivity contribution in [2.24, 2.45) is 0 Å². The van der Waals surface area contributed by atoms with E-state index < -0.39 is 0 Å². The Bertz CT molecular complexity index is 3120. The second kappa shape index (κ2) is 12.3. The molecule has 0 saturated carbocycles. The predicted octanol–water partition coefficient (Wildman–Crippen LogP) is 15.5. The van der Waals surface area contributed by atoms with Gasteiger partial charge in [-0.1, -0.05) is 123 Å². The van der Waals surface area contributed by atoms with Gasteiger partial charge in [-0.25, -0.2) is 0 Å². The van der Waals surface area contributed by atoms with E-state index in [9.17, 15) is 0 Å². The van der Waals surface area contributed by atoms with E-state index in [-0.39, 0.29) is 0 Å². The van der Waals surface area contributed by atoms with Crippen molar-refractivity contribution in [3.05, 3.63) is 188 Å². The molecule has 0 spiro atoms. The standard InChI is InChI=1S/C53H37NO/c1-33(2)36-17-11-18-41(25-36)54(51-21-12-20-44-43-19-9-10-22-52(43)55-53(44)51)42-24-23-37-27-47-48(30-38(37)26-42)50-32-40-29-46(35-15-7-4-8-16-35)45(28-39(40)31-49(47)50)34-13-5-3-6-14-34/h3-33H,1-2H3. The molecule has 0 aliphatic heterocycles. The molecule has 1 aromatic heterocycles. The van der Waals surface area contributed by atoms with Crippen molar-refractivity contribution in [2.75, 3.05) is 4.90 Å². The van der Waals surface area contributed by atoms with Gasteiger partial charge in [-0.15, -0.1) is 0 Å². The maximum atomic E-state index is 6.62. The summed E-state index contributed by atoms with van der Waals surface area (Å²) in [5, 5.41) is 7.22. The number of fused-ring (bicyclic) bond motifs is 9. The summed E-state index contributed by atoms with van der Waals surface area (Å²) in [5.41, 5.74) is 16.6. The van der Waals surface area contributed by atoms with Crippen molar-refractivity contribution < 1.29 is 4.42 Å². The topological polar surface area (TPSA) is 16.4 Å². The van der Waals surface area contributed by atoms with Gasteiger partial charge in [-0.3, -0.25) is 0 Å². The van der Waals surface area contributed by atoms with Gasteiger partial charge in [-0.2, -0.15) is 0 Å². The smallest absolute Gasteiger partial charge is 0.159 e. The first-order chi connectivity index (χ1) is 27.1. The van der Waals surface area contributed by atoms with Gasteiger partial charge in [0, 0.05) is 22.1 Å². The zero-order chi connectivity index (χ0) is 36.6. The van der Waals surface area contributed by atoms with Crippen LogP contribution in [0.1, 0.15) is 25.3 Å². The molecule has 0 bridgehead atoms. The molecule has 0 amide bonds. The summed E-state index contributed by atoms with van der Waals surface area (Å²) in [6, 6.07) is 66.5.